The number of nitrogens with one attached hydrogen (secondary N) is 1. The predicted octanol–water partition coefficient (Wildman–Crippen LogP) is 1.04. The third kappa shape index (κ3) is 4.15. The summed E-state index contributed by atoms with van der Waals surface area (Å²) >= 11 is 0. The van der Waals surface area contributed by atoms with Gasteiger partial charge >= 0.3 is 0 Å². The van der Waals surface area contributed by atoms with Gasteiger partial charge in [-0.15, -0.1) is 0 Å². The zero-order valence-corrected chi connectivity index (χ0v) is 15.5. The highest BCUT2D eigenvalue weighted by molar-refractivity contribution is 7.89. The van der Waals surface area contributed by atoms with Crippen LogP contribution in [0.4, 0.5) is 5.82 Å². The summed E-state index contributed by atoms with van der Waals surface area (Å²) in [6, 6.07) is 10.6. The van der Waals surface area contributed by atoms with E-state index < -0.39 is 16.1 Å². The average molecular weight is 391 g/mol. The topological polar surface area (TPSA) is 90.0 Å². The lowest BCUT2D eigenvalue weighted by atomic mass is 10.2. The van der Waals surface area contributed by atoms with Crippen molar-refractivity contribution in [1.82, 2.24) is 9.71 Å². The van der Waals surface area contributed by atoms with E-state index in [0.29, 0.717) is 24.7 Å². The third-order valence-corrected chi connectivity index (χ3v) is 5.84. The fourth-order valence-electron chi connectivity index (χ4n) is 2.96. The Morgan fingerprint density at radius 3 is 2.63 bits per heavy atom. The molecule has 0 amide bonds. The van der Waals surface area contributed by atoms with Crippen LogP contribution >= 0.6 is 0 Å². The maximum absolute atomic E-state index is 12.5. The second-order valence-corrected chi connectivity index (χ2v) is 8.07. The average Bonchev–Trinajstić information content (AvgIpc) is 2.73. The first-order chi connectivity index (χ1) is 13.1. The molecule has 144 valence electrons. The van der Waals surface area contributed by atoms with Crippen molar-refractivity contribution in [2.75, 3.05) is 44.4 Å². The van der Waals surface area contributed by atoms with Gasteiger partial charge in [0.1, 0.15) is 23.4 Å². The number of sulfonamides is 1. The first-order valence-electron chi connectivity index (χ1n) is 8.79. The van der Waals surface area contributed by atoms with Crippen LogP contribution < -0.4 is 19.1 Å². The van der Waals surface area contributed by atoms with Gasteiger partial charge in [-0.2, -0.15) is 0 Å². The number of hydrogen-bond donors (Lipinski definition) is 1. The molecule has 1 unspecified atom stereocenters. The van der Waals surface area contributed by atoms with E-state index in [1.807, 2.05) is 18.2 Å². The second kappa shape index (κ2) is 7.71. The number of rotatable bonds is 5. The molecule has 2 aliphatic rings. The molecule has 1 aromatic carbocycles. The van der Waals surface area contributed by atoms with E-state index in [1.165, 1.54) is 6.20 Å². The number of anilines is 1. The van der Waals surface area contributed by atoms with Crippen molar-refractivity contribution >= 4 is 15.8 Å². The second-order valence-electron chi connectivity index (χ2n) is 6.30. The Hall–Kier alpha value is -2.36. The lowest BCUT2D eigenvalue weighted by Crippen LogP contribution is -2.40. The number of pyridine rings is 1. The van der Waals surface area contributed by atoms with E-state index in [2.05, 4.69) is 14.6 Å². The highest BCUT2D eigenvalue weighted by Gasteiger charge is 2.24. The summed E-state index contributed by atoms with van der Waals surface area (Å²) in [6.45, 7) is 3.19. The van der Waals surface area contributed by atoms with Gasteiger partial charge in [0.15, 0.2) is 11.5 Å². The van der Waals surface area contributed by atoms with Crippen LogP contribution in [0.2, 0.25) is 0 Å². The van der Waals surface area contributed by atoms with Crippen LogP contribution in [0.5, 0.6) is 11.5 Å². The highest BCUT2D eigenvalue weighted by atomic mass is 32.2. The Labute approximate surface area is 158 Å². The molecule has 0 saturated carbocycles. The first-order valence-corrected chi connectivity index (χ1v) is 10.3. The number of morpholine rings is 1. The number of aromatic nitrogens is 1. The minimum Gasteiger partial charge on any atom is -0.486 e. The smallest absolute Gasteiger partial charge is 0.242 e. The Bertz CT molecular complexity index is 882. The van der Waals surface area contributed by atoms with E-state index in [1.54, 1.807) is 18.2 Å². The summed E-state index contributed by atoms with van der Waals surface area (Å²) in [7, 11) is -3.68. The molecule has 2 aliphatic heterocycles. The number of benzene rings is 1. The van der Waals surface area contributed by atoms with Crippen molar-refractivity contribution in [2.45, 2.75) is 11.0 Å². The Kier molecular flexibility index (Phi) is 5.15. The molecule has 1 atom stereocenters. The summed E-state index contributed by atoms with van der Waals surface area (Å²) in [5, 5.41) is 0. The maximum atomic E-state index is 12.5. The monoisotopic (exact) mass is 391 g/mol. The Morgan fingerprint density at radius 2 is 1.89 bits per heavy atom. The number of ether oxygens (including phenoxy) is 3. The van der Waals surface area contributed by atoms with E-state index in [0.717, 1.165) is 18.9 Å². The molecule has 3 heterocycles. The minimum absolute atomic E-state index is 0.113. The van der Waals surface area contributed by atoms with Gasteiger partial charge in [-0.3, -0.25) is 0 Å². The summed E-state index contributed by atoms with van der Waals surface area (Å²) in [5.74, 6) is 2.03. The van der Waals surface area contributed by atoms with Crippen molar-refractivity contribution < 1.29 is 22.6 Å². The van der Waals surface area contributed by atoms with Gasteiger partial charge in [0.05, 0.1) is 19.8 Å². The lowest BCUT2D eigenvalue weighted by Gasteiger charge is -2.28. The quantitative estimate of drug-likeness (QED) is 0.814. The van der Waals surface area contributed by atoms with Crippen molar-refractivity contribution in [1.29, 1.82) is 0 Å². The Balaban J connectivity index is 1.37. The molecule has 27 heavy (non-hydrogen) atoms. The van der Waals surface area contributed by atoms with Crippen LogP contribution in [0.25, 0.3) is 0 Å². The summed E-state index contributed by atoms with van der Waals surface area (Å²) < 4.78 is 44.3. The van der Waals surface area contributed by atoms with Crippen molar-refractivity contribution in [3.63, 3.8) is 0 Å². The molecule has 9 heteroatoms. The molecule has 8 nitrogen and oxygen atoms in total. The van der Waals surface area contributed by atoms with E-state index >= 15 is 0 Å². The standard InChI is InChI=1S/C18H21N3O5S/c22-27(23,15-5-6-18(19-12-15)21-7-9-24-10-8-21)20-11-14-13-25-16-3-1-2-4-17(16)26-14/h1-6,12,14,20H,7-11,13H2. The van der Waals surface area contributed by atoms with Crippen LogP contribution in [-0.4, -0.2) is 59.0 Å². The Morgan fingerprint density at radius 1 is 1.11 bits per heavy atom. The molecule has 0 spiro atoms. The van der Waals surface area contributed by atoms with Gasteiger partial charge in [-0.1, -0.05) is 12.1 Å². The zero-order chi connectivity index (χ0) is 18.7. The number of para-hydroxylation sites is 2. The molecular weight excluding hydrogens is 370 g/mol. The molecule has 1 N–H and O–H groups in total. The van der Waals surface area contributed by atoms with Crippen molar-refractivity contribution in [2.24, 2.45) is 0 Å². The third-order valence-electron chi connectivity index (χ3n) is 4.43. The molecule has 1 aromatic heterocycles. The molecule has 0 bridgehead atoms. The van der Waals surface area contributed by atoms with Gasteiger partial charge in [-0.25, -0.2) is 18.1 Å². The predicted molar refractivity (Wildman–Crippen MR) is 98.8 cm³/mol. The largest absolute Gasteiger partial charge is 0.486 e. The van der Waals surface area contributed by atoms with Crippen LogP contribution in [0, 0.1) is 0 Å². The summed E-state index contributed by atoms with van der Waals surface area (Å²) in [5.41, 5.74) is 0. The molecule has 4 rings (SSSR count). The molecule has 0 aliphatic carbocycles. The highest BCUT2D eigenvalue weighted by Crippen LogP contribution is 2.30. The fourth-order valence-corrected chi connectivity index (χ4v) is 3.97. The minimum atomic E-state index is -3.68. The van der Waals surface area contributed by atoms with Crippen molar-refractivity contribution in [3.8, 4) is 11.5 Å². The van der Waals surface area contributed by atoms with Crippen LogP contribution in [0.15, 0.2) is 47.5 Å². The first kappa shape index (κ1) is 18.0. The van der Waals surface area contributed by atoms with Gasteiger partial charge in [0.2, 0.25) is 10.0 Å². The van der Waals surface area contributed by atoms with E-state index in [-0.39, 0.29) is 18.0 Å². The van der Waals surface area contributed by atoms with Crippen LogP contribution in [-0.2, 0) is 14.8 Å². The molecule has 1 saturated heterocycles. The number of hydrogen-bond acceptors (Lipinski definition) is 7. The summed E-state index contributed by atoms with van der Waals surface area (Å²) in [6.07, 6.45) is 0.982. The van der Waals surface area contributed by atoms with Gasteiger partial charge in [0, 0.05) is 19.3 Å². The zero-order valence-electron chi connectivity index (χ0n) is 14.7. The molecular formula is C18H21N3O5S. The van der Waals surface area contributed by atoms with E-state index in [4.69, 9.17) is 14.2 Å². The lowest BCUT2D eigenvalue weighted by molar-refractivity contribution is 0.0943. The van der Waals surface area contributed by atoms with Crippen LogP contribution in [0.1, 0.15) is 0 Å². The van der Waals surface area contributed by atoms with Gasteiger partial charge in [0.25, 0.3) is 0 Å². The molecule has 0 radical (unpaired) electrons. The summed E-state index contributed by atoms with van der Waals surface area (Å²) in [4.78, 5) is 6.48. The van der Waals surface area contributed by atoms with Gasteiger partial charge in [-0.05, 0) is 24.3 Å². The van der Waals surface area contributed by atoms with Crippen molar-refractivity contribution in [3.05, 3.63) is 42.6 Å². The number of fused-ring (bicyclic) bond motifs is 1. The molecule has 1 fully saturated rings. The fraction of sp³-hybridized carbons (Fsp3) is 0.389. The number of nitrogens with zero attached hydrogens (tertiary/aromatic N) is 2. The maximum Gasteiger partial charge on any atom is 0.242 e. The molecule has 2 aromatic rings. The normalized spacial score (nSPS) is 19.7. The van der Waals surface area contributed by atoms with Crippen LogP contribution in [0.3, 0.4) is 0 Å². The SMILES string of the molecule is O=S(=O)(NCC1COc2ccccc2O1)c1ccc(N2CCOCC2)nc1. The van der Waals surface area contributed by atoms with Gasteiger partial charge < -0.3 is 19.1 Å². The van der Waals surface area contributed by atoms with E-state index in [9.17, 15) is 8.42 Å².